The van der Waals surface area contributed by atoms with Crippen LogP contribution in [0.25, 0.3) is 0 Å². The second-order valence-corrected chi connectivity index (χ2v) is 5.43. The molecule has 1 fully saturated rings. The van der Waals surface area contributed by atoms with Crippen LogP contribution in [0.15, 0.2) is 12.4 Å². The highest BCUT2D eigenvalue weighted by Crippen LogP contribution is 2.33. The van der Waals surface area contributed by atoms with Gasteiger partial charge in [0.2, 0.25) is 5.95 Å². The van der Waals surface area contributed by atoms with Crippen LogP contribution in [-0.2, 0) is 9.53 Å². The summed E-state index contributed by atoms with van der Waals surface area (Å²) < 4.78 is 9.78. The smallest absolute Gasteiger partial charge is 0.509 e. The summed E-state index contributed by atoms with van der Waals surface area (Å²) in [6, 6.07) is 0. The number of esters is 1. The Balaban J connectivity index is 1.95. The molecule has 0 bridgehead atoms. The molecule has 0 radical (unpaired) electrons. The van der Waals surface area contributed by atoms with Crippen LogP contribution in [0, 0.1) is 5.41 Å². The summed E-state index contributed by atoms with van der Waals surface area (Å²) in [7, 11) is -1.89. The Labute approximate surface area is 129 Å². The highest BCUT2D eigenvalue weighted by molar-refractivity contribution is 6.33. The van der Waals surface area contributed by atoms with Gasteiger partial charge in [-0.1, -0.05) is 0 Å². The number of carbonyl (C=O) groups is 1. The average molecular weight is 309 g/mol. The summed E-state index contributed by atoms with van der Waals surface area (Å²) in [5.74, 6) is 0.536. The van der Waals surface area contributed by atoms with E-state index in [4.69, 9.17) is 14.8 Å². The van der Waals surface area contributed by atoms with Crippen LogP contribution in [-0.4, -0.2) is 53.0 Å². The fourth-order valence-electron chi connectivity index (χ4n) is 2.36. The predicted octanol–water partition coefficient (Wildman–Crippen LogP) is -0.00550. The molecule has 2 heterocycles. The maximum Gasteiger partial charge on any atom is 0.707 e. The third kappa shape index (κ3) is 3.86. The van der Waals surface area contributed by atoms with Crippen molar-refractivity contribution in [2.75, 3.05) is 24.6 Å². The highest BCUT2D eigenvalue weighted by atomic mass is 16.6. The van der Waals surface area contributed by atoms with Crippen molar-refractivity contribution in [3.05, 3.63) is 12.4 Å². The number of nitrogens with zero attached hydrogens (tertiary/aromatic N) is 3. The molecule has 0 atom stereocenters. The number of hydrogen-bond donors (Lipinski definition) is 2. The number of rotatable bonds is 5. The van der Waals surface area contributed by atoms with E-state index in [1.165, 1.54) is 12.4 Å². The molecule has 1 aliphatic heterocycles. The molecule has 1 aliphatic rings. The molecular weight excluding hydrogens is 289 g/mol. The molecule has 0 unspecified atom stereocenters. The van der Waals surface area contributed by atoms with Crippen LogP contribution < -0.4 is 9.55 Å². The largest absolute Gasteiger partial charge is 0.707 e. The second kappa shape index (κ2) is 6.93. The van der Waals surface area contributed by atoms with E-state index in [1.807, 2.05) is 11.8 Å². The lowest BCUT2D eigenvalue weighted by Crippen LogP contribution is -2.44. The summed E-state index contributed by atoms with van der Waals surface area (Å²) in [6.07, 6.45) is 4.09. The van der Waals surface area contributed by atoms with Crippen LogP contribution in [0.1, 0.15) is 26.7 Å². The third-order valence-electron chi connectivity index (χ3n) is 3.77. The number of carbonyl (C=O) groups excluding carboxylic acids is 1. The van der Waals surface area contributed by atoms with Crippen molar-refractivity contribution < 1.29 is 24.2 Å². The first-order chi connectivity index (χ1) is 10.4. The van der Waals surface area contributed by atoms with Crippen LogP contribution in [0.4, 0.5) is 5.95 Å². The van der Waals surface area contributed by atoms with E-state index in [1.54, 1.807) is 6.92 Å². The topological polar surface area (TPSA) is 105 Å². The van der Waals surface area contributed by atoms with Gasteiger partial charge in [0.15, 0.2) is 0 Å². The molecule has 2 rings (SSSR count). The summed E-state index contributed by atoms with van der Waals surface area (Å²) in [5, 5.41) is 17.4. The van der Waals surface area contributed by atoms with Crippen molar-refractivity contribution in [2.24, 2.45) is 5.41 Å². The van der Waals surface area contributed by atoms with E-state index >= 15 is 0 Å². The summed E-state index contributed by atoms with van der Waals surface area (Å²) in [4.78, 5) is 22.2. The van der Waals surface area contributed by atoms with Gasteiger partial charge in [-0.25, -0.2) is 9.97 Å². The minimum atomic E-state index is -1.89. The lowest BCUT2D eigenvalue weighted by atomic mass is 9.80. The Bertz CT molecular complexity index is 503. The fourth-order valence-corrected chi connectivity index (χ4v) is 2.36. The van der Waals surface area contributed by atoms with E-state index in [2.05, 4.69) is 14.6 Å². The number of anilines is 1. The molecule has 1 aromatic rings. The molecule has 2 N–H and O–H groups in total. The first kappa shape index (κ1) is 16.5. The molecular formula is C13H20BN3O5. The molecule has 9 heteroatoms. The molecule has 8 nitrogen and oxygen atoms in total. The van der Waals surface area contributed by atoms with Gasteiger partial charge in [-0.3, -0.25) is 4.79 Å². The Morgan fingerprint density at radius 3 is 2.45 bits per heavy atom. The minimum Gasteiger partial charge on any atom is -0.509 e. The van der Waals surface area contributed by atoms with Crippen molar-refractivity contribution in [3.63, 3.8) is 0 Å². The van der Waals surface area contributed by atoms with Gasteiger partial charge >= 0.3 is 13.3 Å². The van der Waals surface area contributed by atoms with Crippen LogP contribution in [0.2, 0.25) is 0 Å². The van der Waals surface area contributed by atoms with Gasteiger partial charge in [0.05, 0.1) is 24.4 Å². The normalized spacial score (nSPS) is 17.0. The van der Waals surface area contributed by atoms with Crippen molar-refractivity contribution in [1.29, 1.82) is 0 Å². The Morgan fingerprint density at radius 2 is 1.95 bits per heavy atom. The van der Waals surface area contributed by atoms with Crippen LogP contribution in [0.5, 0.6) is 5.75 Å². The quantitative estimate of drug-likeness (QED) is 0.578. The van der Waals surface area contributed by atoms with Crippen molar-refractivity contribution in [2.45, 2.75) is 26.7 Å². The summed E-state index contributed by atoms with van der Waals surface area (Å²) in [5.41, 5.74) is -0.462. The van der Waals surface area contributed by atoms with Gasteiger partial charge in [0.25, 0.3) is 0 Å². The minimum absolute atomic E-state index is 0.156. The Morgan fingerprint density at radius 1 is 1.36 bits per heavy atom. The first-order valence-electron chi connectivity index (χ1n) is 7.21. The van der Waals surface area contributed by atoms with E-state index in [-0.39, 0.29) is 11.7 Å². The van der Waals surface area contributed by atoms with Gasteiger partial charge in [-0.05, 0) is 26.7 Å². The average Bonchev–Trinajstić information content (AvgIpc) is 2.49. The molecule has 0 aromatic carbocycles. The monoisotopic (exact) mass is 309 g/mol. The number of aromatic nitrogens is 2. The molecule has 0 saturated carbocycles. The van der Waals surface area contributed by atoms with E-state index in [0.29, 0.717) is 38.5 Å². The van der Waals surface area contributed by atoms with Gasteiger partial charge in [0.1, 0.15) is 5.75 Å². The highest BCUT2D eigenvalue weighted by Gasteiger charge is 2.38. The second-order valence-electron chi connectivity index (χ2n) is 5.43. The number of piperidine rings is 1. The third-order valence-corrected chi connectivity index (χ3v) is 3.77. The van der Waals surface area contributed by atoms with Crippen LogP contribution in [0.3, 0.4) is 0 Å². The lowest BCUT2D eigenvalue weighted by Gasteiger charge is -2.37. The summed E-state index contributed by atoms with van der Waals surface area (Å²) in [6.45, 7) is 5.41. The predicted molar refractivity (Wildman–Crippen MR) is 79.0 cm³/mol. The van der Waals surface area contributed by atoms with Crippen LogP contribution >= 0.6 is 0 Å². The molecule has 0 spiro atoms. The zero-order valence-electron chi connectivity index (χ0n) is 12.7. The van der Waals surface area contributed by atoms with E-state index < -0.39 is 12.7 Å². The molecule has 22 heavy (non-hydrogen) atoms. The molecule has 0 aliphatic carbocycles. The first-order valence-corrected chi connectivity index (χ1v) is 7.21. The van der Waals surface area contributed by atoms with Crippen molar-refractivity contribution in [3.8, 4) is 5.75 Å². The lowest BCUT2D eigenvalue weighted by molar-refractivity contribution is -0.155. The van der Waals surface area contributed by atoms with Gasteiger partial charge in [0, 0.05) is 13.1 Å². The SMILES string of the molecule is CCOC(=O)C1(C)CCN(c2ncc(OB(O)O)cn2)CC1. The fraction of sp³-hybridized carbons (Fsp3) is 0.615. The molecule has 0 amide bonds. The molecule has 120 valence electrons. The zero-order valence-corrected chi connectivity index (χ0v) is 12.7. The van der Waals surface area contributed by atoms with Gasteiger partial charge in [-0.2, -0.15) is 0 Å². The standard InChI is InChI=1S/C13H20BN3O5/c1-3-21-11(18)13(2)4-6-17(7-5-13)12-15-8-10(9-16-12)22-14(19)20/h8-9,19-20H,3-7H2,1-2H3. The van der Waals surface area contributed by atoms with Gasteiger partial charge < -0.3 is 24.3 Å². The summed E-state index contributed by atoms with van der Waals surface area (Å²) >= 11 is 0. The van der Waals surface area contributed by atoms with Crippen molar-refractivity contribution in [1.82, 2.24) is 9.97 Å². The van der Waals surface area contributed by atoms with E-state index in [0.717, 1.165) is 0 Å². The van der Waals surface area contributed by atoms with E-state index in [9.17, 15) is 4.79 Å². The van der Waals surface area contributed by atoms with Gasteiger partial charge in [-0.15, -0.1) is 0 Å². The molecule has 1 saturated heterocycles. The number of ether oxygens (including phenoxy) is 1. The Kier molecular flexibility index (Phi) is 5.20. The molecule has 1 aromatic heterocycles. The maximum absolute atomic E-state index is 12.0. The Hall–Kier alpha value is -1.87. The maximum atomic E-state index is 12.0. The zero-order chi connectivity index (χ0) is 16.2. The van der Waals surface area contributed by atoms with Crippen molar-refractivity contribution >= 4 is 19.2 Å². The number of hydrogen-bond acceptors (Lipinski definition) is 8.